The molecule has 3 aromatic rings. The Labute approximate surface area is 179 Å². The van der Waals surface area contributed by atoms with Gasteiger partial charge in [-0.2, -0.15) is 10.2 Å². The van der Waals surface area contributed by atoms with Gasteiger partial charge in [0.05, 0.1) is 4.88 Å². The largest absolute Gasteiger partial charge is 0.354 e. The van der Waals surface area contributed by atoms with Gasteiger partial charge >= 0.3 is 0 Å². The highest BCUT2D eigenvalue weighted by molar-refractivity contribution is 7.13. The number of thiophene rings is 1. The summed E-state index contributed by atoms with van der Waals surface area (Å²) in [4.78, 5) is 28.5. The summed E-state index contributed by atoms with van der Waals surface area (Å²) in [5.41, 5.74) is 0.821. The molecule has 1 fully saturated rings. The molecule has 4 rings (SSSR count). The first-order valence-electron chi connectivity index (χ1n) is 10.5. The van der Waals surface area contributed by atoms with Gasteiger partial charge in [0.25, 0.3) is 5.56 Å². The number of rotatable bonds is 7. The van der Waals surface area contributed by atoms with E-state index in [1.807, 2.05) is 17.5 Å². The van der Waals surface area contributed by atoms with E-state index < -0.39 is 0 Å². The third kappa shape index (κ3) is 4.79. The van der Waals surface area contributed by atoms with Gasteiger partial charge in [-0.3, -0.25) is 9.59 Å². The highest BCUT2D eigenvalue weighted by atomic mass is 32.1. The van der Waals surface area contributed by atoms with Crippen molar-refractivity contribution in [1.82, 2.24) is 29.6 Å². The van der Waals surface area contributed by atoms with Crippen molar-refractivity contribution in [2.75, 3.05) is 26.2 Å². The average Bonchev–Trinajstić information content (AvgIpc) is 3.36. The highest BCUT2D eigenvalue weighted by Gasteiger charge is 2.21. The second-order valence-corrected chi connectivity index (χ2v) is 9.29. The molecule has 1 amide bonds. The first-order chi connectivity index (χ1) is 14.5. The van der Waals surface area contributed by atoms with Gasteiger partial charge in [-0.05, 0) is 48.7 Å². The Balaban J connectivity index is 1.31. The molecule has 9 heteroatoms. The van der Waals surface area contributed by atoms with Crippen LogP contribution in [0.5, 0.6) is 0 Å². The number of piperidine rings is 1. The monoisotopic (exact) mass is 428 g/mol. The molecule has 0 aliphatic carbocycles. The van der Waals surface area contributed by atoms with Gasteiger partial charge in [0.1, 0.15) is 24.1 Å². The summed E-state index contributed by atoms with van der Waals surface area (Å²) in [7, 11) is 0. The van der Waals surface area contributed by atoms with Gasteiger partial charge in [0.2, 0.25) is 5.91 Å². The third-order valence-electron chi connectivity index (χ3n) is 5.47. The zero-order valence-corrected chi connectivity index (χ0v) is 18.3. The van der Waals surface area contributed by atoms with Gasteiger partial charge < -0.3 is 10.2 Å². The predicted octanol–water partition coefficient (Wildman–Crippen LogP) is 2.10. The van der Waals surface area contributed by atoms with Crippen molar-refractivity contribution in [2.45, 2.75) is 33.2 Å². The molecule has 0 radical (unpaired) electrons. The van der Waals surface area contributed by atoms with Crippen LogP contribution < -0.4 is 10.9 Å². The second-order valence-electron chi connectivity index (χ2n) is 8.34. The number of amides is 1. The molecular weight excluding hydrogens is 400 g/mol. The number of nitrogens with one attached hydrogen (secondary N) is 1. The number of carbonyl (C=O) groups excluding carboxylic acids is 1. The van der Waals surface area contributed by atoms with Crippen molar-refractivity contribution >= 4 is 22.8 Å². The molecule has 1 aliphatic rings. The summed E-state index contributed by atoms with van der Waals surface area (Å²) < 4.78 is 2.66. The highest BCUT2D eigenvalue weighted by Crippen LogP contribution is 2.23. The molecule has 1 saturated heterocycles. The Hall–Kier alpha value is -2.52. The van der Waals surface area contributed by atoms with E-state index in [1.165, 1.54) is 21.9 Å². The van der Waals surface area contributed by atoms with Gasteiger partial charge in [-0.1, -0.05) is 19.9 Å². The van der Waals surface area contributed by atoms with E-state index in [4.69, 9.17) is 0 Å². The Morgan fingerprint density at radius 3 is 2.83 bits per heavy atom. The Morgan fingerprint density at radius 1 is 1.30 bits per heavy atom. The van der Waals surface area contributed by atoms with E-state index in [0.717, 1.165) is 48.5 Å². The zero-order valence-electron chi connectivity index (χ0n) is 17.5. The molecule has 0 aromatic carbocycles. The summed E-state index contributed by atoms with van der Waals surface area (Å²) in [5.74, 6) is 1.27. The molecule has 8 nitrogen and oxygen atoms in total. The zero-order chi connectivity index (χ0) is 21.1. The second kappa shape index (κ2) is 9.09. The maximum absolute atomic E-state index is 12.7. The predicted molar refractivity (Wildman–Crippen MR) is 118 cm³/mol. The van der Waals surface area contributed by atoms with Crippen LogP contribution in [0.25, 0.3) is 16.1 Å². The molecule has 1 aliphatic heterocycles. The first-order valence-corrected chi connectivity index (χ1v) is 11.4. The minimum absolute atomic E-state index is 0.0906. The van der Waals surface area contributed by atoms with E-state index >= 15 is 0 Å². The summed E-state index contributed by atoms with van der Waals surface area (Å²) in [6.45, 7) is 8.37. The molecule has 160 valence electrons. The molecule has 3 aromatic heterocycles. The molecule has 2 unspecified atom stereocenters. The van der Waals surface area contributed by atoms with Crippen LogP contribution in [0.2, 0.25) is 0 Å². The van der Waals surface area contributed by atoms with E-state index in [0.29, 0.717) is 12.1 Å². The molecule has 4 heterocycles. The van der Waals surface area contributed by atoms with Crippen LogP contribution in [0.3, 0.4) is 0 Å². The van der Waals surface area contributed by atoms with Crippen molar-refractivity contribution in [2.24, 2.45) is 11.8 Å². The summed E-state index contributed by atoms with van der Waals surface area (Å²) in [6.07, 6.45) is 3.67. The maximum atomic E-state index is 12.7. The minimum Gasteiger partial charge on any atom is -0.354 e. The number of likely N-dealkylation sites (tertiary alicyclic amines) is 1. The number of nitrogens with zero attached hydrogens (tertiary/aromatic N) is 5. The van der Waals surface area contributed by atoms with Crippen LogP contribution in [0.4, 0.5) is 0 Å². The smallest absolute Gasteiger partial charge is 0.293 e. The number of aromatic nitrogens is 4. The van der Waals surface area contributed by atoms with E-state index in [2.05, 4.69) is 34.3 Å². The Morgan fingerprint density at radius 2 is 2.10 bits per heavy atom. The fourth-order valence-electron chi connectivity index (χ4n) is 4.29. The van der Waals surface area contributed by atoms with Crippen LogP contribution >= 0.6 is 11.3 Å². The lowest BCUT2D eigenvalue weighted by atomic mass is 9.92. The van der Waals surface area contributed by atoms with Crippen LogP contribution in [-0.4, -0.2) is 56.4 Å². The summed E-state index contributed by atoms with van der Waals surface area (Å²) >= 11 is 1.56. The third-order valence-corrected chi connectivity index (χ3v) is 6.37. The van der Waals surface area contributed by atoms with E-state index in [-0.39, 0.29) is 18.0 Å². The van der Waals surface area contributed by atoms with E-state index in [1.54, 1.807) is 17.4 Å². The van der Waals surface area contributed by atoms with E-state index in [9.17, 15) is 9.59 Å². The SMILES string of the molecule is CC1CC(C)CN(CCCNC(=O)Cn2ncn3nc(-c4cccs4)cc3c2=O)C1. The lowest BCUT2D eigenvalue weighted by Crippen LogP contribution is -2.40. The van der Waals surface area contributed by atoms with Crippen molar-refractivity contribution in [3.05, 3.63) is 40.3 Å². The Bertz CT molecular complexity index is 1050. The van der Waals surface area contributed by atoms with Crippen LogP contribution in [0.1, 0.15) is 26.7 Å². The normalized spacial score (nSPS) is 19.9. The van der Waals surface area contributed by atoms with Crippen molar-refractivity contribution in [1.29, 1.82) is 0 Å². The summed E-state index contributed by atoms with van der Waals surface area (Å²) in [6, 6.07) is 5.64. The Kier molecular flexibility index (Phi) is 6.29. The number of carbonyl (C=O) groups is 1. The fraction of sp³-hybridized carbons (Fsp3) is 0.524. The van der Waals surface area contributed by atoms with Crippen molar-refractivity contribution in [3.63, 3.8) is 0 Å². The first kappa shape index (κ1) is 20.7. The quantitative estimate of drug-likeness (QED) is 0.583. The summed E-state index contributed by atoms with van der Waals surface area (Å²) in [5, 5.41) is 13.4. The average molecular weight is 429 g/mol. The standard InChI is InChI=1S/C21H28N6O2S/c1-15-9-16(2)12-25(11-15)7-4-6-22-20(28)13-26-21(29)18-10-17(19-5-3-8-30-19)24-27(18)14-23-26/h3,5,8,10,14-16H,4,6-7,9,11-13H2,1-2H3,(H,22,28). The van der Waals surface area contributed by atoms with Gasteiger partial charge in [-0.25, -0.2) is 9.20 Å². The van der Waals surface area contributed by atoms with Crippen LogP contribution in [0.15, 0.2) is 34.7 Å². The van der Waals surface area contributed by atoms with Gasteiger partial charge in [-0.15, -0.1) is 11.3 Å². The van der Waals surface area contributed by atoms with Gasteiger partial charge in [0, 0.05) is 19.6 Å². The lowest BCUT2D eigenvalue weighted by molar-refractivity contribution is -0.121. The minimum atomic E-state index is -0.320. The van der Waals surface area contributed by atoms with Crippen LogP contribution in [0, 0.1) is 11.8 Å². The van der Waals surface area contributed by atoms with Crippen LogP contribution in [-0.2, 0) is 11.3 Å². The maximum Gasteiger partial charge on any atom is 0.293 e. The lowest BCUT2D eigenvalue weighted by Gasteiger charge is -2.34. The fourth-order valence-corrected chi connectivity index (χ4v) is 4.97. The molecule has 0 saturated carbocycles. The molecular formula is C21H28N6O2S. The number of fused-ring (bicyclic) bond motifs is 1. The molecule has 1 N–H and O–H groups in total. The van der Waals surface area contributed by atoms with Gasteiger partial charge in [0.15, 0.2) is 0 Å². The van der Waals surface area contributed by atoms with Crippen molar-refractivity contribution in [3.8, 4) is 10.6 Å². The number of hydrogen-bond acceptors (Lipinski definition) is 6. The molecule has 0 spiro atoms. The topological polar surface area (TPSA) is 84.5 Å². The van der Waals surface area contributed by atoms with Crippen molar-refractivity contribution < 1.29 is 4.79 Å². The molecule has 0 bridgehead atoms. The molecule has 30 heavy (non-hydrogen) atoms. The molecule has 2 atom stereocenters. The number of hydrogen-bond donors (Lipinski definition) is 1.